The summed E-state index contributed by atoms with van der Waals surface area (Å²) in [5.74, 6) is 0.719. The molecule has 0 saturated heterocycles. The average molecular weight is 214 g/mol. The summed E-state index contributed by atoms with van der Waals surface area (Å²) in [5.41, 5.74) is 8.57. The Bertz CT molecular complexity index is 482. The fraction of sp³-hybridized carbons (Fsp3) is 0.250. The van der Waals surface area contributed by atoms with Gasteiger partial charge in [0.15, 0.2) is 5.82 Å². The fourth-order valence-corrected chi connectivity index (χ4v) is 1.51. The Labute approximate surface area is 94.6 Å². The first-order valence-corrected chi connectivity index (χ1v) is 5.24. The van der Waals surface area contributed by atoms with Crippen LogP contribution in [0.5, 0.6) is 0 Å². The molecule has 2 N–H and O–H groups in total. The van der Waals surface area contributed by atoms with Crippen LogP contribution in [-0.4, -0.2) is 21.5 Å². The highest BCUT2D eigenvalue weighted by molar-refractivity contribution is 5.57. The molecular weight excluding hydrogens is 200 g/mol. The van der Waals surface area contributed by atoms with Gasteiger partial charge in [-0.1, -0.05) is 0 Å². The Morgan fingerprint density at radius 2 is 2.12 bits per heavy atom. The maximum absolute atomic E-state index is 5.51. The first-order chi connectivity index (χ1) is 7.81. The third-order valence-electron chi connectivity index (χ3n) is 2.39. The molecule has 0 bridgehead atoms. The minimum Gasteiger partial charge on any atom is -0.330 e. The SMILES string of the molecule is Cc1ccncc1-c1nccc(CCN)n1. The molecule has 0 aromatic carbocycles. The normalized spacial score (nSPS) is 10.4. The van der Waals surface area contributed by atoms with Crippen molar-refractivity contribution in [3.05, 3.63) is 42.0 Å². The van der Waals surface area contributed by atoms with Crippen LogP contribution in [0.1, 0.15) is 11.3 Å². The molecule has 2 rings (SSSR count). The van der Waals surface area contributed by atoms with Crippen molar-refractivity contribution in [2.24, 2.45) is 5.73 Å². The zero-order chi connectivity index (χ0) is 11.4. The Kier molecular flexibility index (Phi) is 3.22. The second-order valence-corrected chi connectivity index (χ2v) is 3.60. The Balaban J connectivity index is 2.40. The van der Waals surface area contributed by atoms with E-state index in [0.717, 1.165) is 29.1 Å². The lowest BCUT2D eigenvalue weighted by Crippen LogP contribution is -2.05. The van der Waals surface area contributed by atoms with E-state index in [1.807, 2.05) is 19.1 Å². The number of nitrogens with zero attached hydrogens (tertiary/aromatic N) is 3. The summed E-state index contributed by atoms with van der Waals surface area (Å²) < 4.78 is 0. The monoisotopic (exact) mass is 214 g/mol. The van der Waals surface area contributed by atoms with Gasteiger partial charge >= 0.3 is 0 Å². The lowest BCUT2D eigenvalue weighted by molar-refractivity contribution is 0.912. The van der Waals surface area contributed by atoms with Crippen LogP contribution in [0, 0.1) is 6.92 Å². The molecule has 0 radical (unpaired) electrons. The van der Waals surface area contributed by atoms with Crippen LogP contribution in [0.4, 0.5) is 0 Å². The number of nitrogens with two attached hydrogens (primary N) is 1. The predicted molar refractivity (Wildman–Crippen MR) is 62.8 cm³/mol. The van der Waals surface area contributed by atoms with Gasteiger partial charge in [-0.25, -0.2) is 9.97 Å². The second kappa shape index (κ2) is 4.81. The van der Waals surface area contributed by atoms with E-state index < -0.39 is 0 Å². The molecule has 0 saturated carbocycles. The second-order valence-electron chi connectivity index (χ2n) is 3.60. The molecule has 0 fully saturated rings. The van der Waals surface area contributed by atoms with Crippen LogP contribution in [0.15, 0.2) is 30.7 Å². The van der Waals surface area contributed by atoms with Crippen molar-refractivity contribution in [1.29, 1.82) is 0 Å². The van der Waals surface area contributed by atoms with Crippen molar-refractivity contribution in [3.8, 4) is 11.4 Å². The highest BCUT2D eigenvalue weighted by atomic mass is 14.9. The van der Waals surface area contributed by atoms with Gasteiger partial charge in [0.05, 0.1) is 0 Å². The summed E-state index contributed by atoms with van der Waals surface area (Å²) in [5, 5.41) is 0. The van der Waals surface area contributed by atoms with Crippen molar-refractivity contribution in [2.45, 2.75) is 13.3 Å². The maximum Gasteiger partial charge on any atom is 0.161 e. The number of hydrogen-bond donors (Lipinski definition) is 1. The van der Waals surface area contributed by atoms with Crippen LogP contribution in [0.2, 0.25) is 0 Å². The molecule has 0 aliphatic heterocycles. The van der Waals surface area contributed by atoms with E-state index in [-0.39, 0.29) is 0 Å². The first-order valence-electron chi connectivity index (χ1n) is 5.24. The Hall–Kier alpha value is -1.81. The third-order valence-corrected chi connectivity index (χ3v) is 2.39. The molecule has 2 heterocycles. The largest absolute Gasteiger partial charge is 0.330 e. The van der Waals surface area contributed by atoms with E-state index in [9.17, 15) is 0 Å². The molecule has 0 aliphatic carbocycles. The smallest absolute Gasteiger partial charge is 0.161 e. The summed E-state index contributed by atoms with van der Waals surface area (Å²) in [6, 6.07) is 3.84. The van der Waals surface area contributed by atoms with Gasteiger partial charge in [-0.15, -0.1) is 0 Å². The van der Waals surface area contributed by atoms with Crippen molar-refractivity contribution < 1.29 is 0 Å². The predicted octanol–water partition coefficient (Wildman–Crippen LogP) is 1.35. The molecule has 0 atom stereocenters. The summed E-state index contributed by atoms with van der Waals surface area (Å²) in [4.78, 5) is 12.8. The minimum atomic E-state index is 0.600. The van der Waals surface area contributed by atoms with Gasteiger partial charge < -0.3 is 5.73 Å². The molecule has 82 valence electrons. The van der Waals surface area contributed by atoms with E-state index in [1.54, 1.807) is 18.6 Å². The molecule has 2 aromatic rings. The quantitative estimate of drug-likeness (QED) is 0.837. The average Bonchev–Trinajstić information content (AvgIpc) is 2.30. The maximum atomic E-state index is 5.51. The first kappa shape index (κ1) is 10.7. The number of aromatic nitrogens is 3. The number of rotatable bonds is 3. The molecule has 4 heteroatoms. The molecule has 2 aromatic heterocycles. The highest BCUT2D eigenvalue weighted by Crippen LogP contribution is 2.17. The molecule has 0 unspecified atom stereocenters. The number of hydrogen-bond acceptors (Lipinski definition) is 4. The van der Waals surface area contributed by atoms with Crippen LogP contribution in [0.3, 0.4) is 0 Å². The fourth-order valence-electron chi connectivity index (χ4n) is 1.51. The van der Waals surface area contributed by atoms with Crippen LogP contribution in [0.25, 0.3) is 11.4 Å². The highest BCUT2D eigenvalue weighted by Gasteiger charge is 2.05. The van der Waals surface area contributed by atoms with Gasteiger partial charge in [-0.3, -0.25) is 4.98 Å². The third kappa shape index (κ3) is 2.23. The zero-order valence-corrected chi connectivity index (χ0v) is 9.22. The van der Waals surface area contributed by atoms with Gasteiger partial charge in [0.1, 0.15) is 0 Å². The van der Waals surface area contributed by atoms with Crippen LogP contribution < -0.4 is 5.73 Å². The lowest BCUT2D eigenvalue weighted by Gasteiger charge is -2.04. The summed E-state index contributed by atoms with van der Waals surface area (Å²) >= 11 is 0. The number of pyridine rings is 1. The molecule has 0 amide bonds. The van der Waals surface area contributed by atoms with Crippen molar-refractivity contribution in [1.82, 2.24) is 15.0 Å². The minimum absolute atomic E-state index is 0.600. The molecule has 0 aliphatic rings. The van der Waals surface area contributed by atoms with Crippen LogP contribution >= 0.6 is 0 Å². The standard InChI is InChI=1S/C12H14N4/c1-9-3-6-14-8-11(9)12-15-7-4-10(16-12)2-5-13/h3-4,6-8H,2,5,13H2,1H3. The van der Waals surface area contributed by atoms with E-state index in [0.29, 0.717) is 6.54 Å². The number of aryl methyl sites for hydroxylation is 1. The van der Waals surface area contributed by atoms with Crippen molar-refractivity contribution in [2.75, 3.05) is 6.54 Å². The van der Waals surface area contributed by atoms with Gasteiger partial charge in [0.2, 0.25) is 0 Å². The van der Waals surface area contributed by atoms with Gasteiger partial charge in [-0.05, 0) is 31.2 Å². The Morgan fingerprint density at radius 1 is 1.25 bits per heavy atom. The molecule has 0 spiro atoms. The van der Waals surface area contributed by atoms with Gasteiger partial charge in [0.25, 0.3) is 0 Å². The molecule has 4 nitrogen and oxygen atoms in total. The summed E-state index contributed by atoms with van der Waals surface area (Å²) in [6.45, 7) is 2.62. The van der Waals surface area contributed by atoms with E-state index in [1.165, 1.54) is 0 Å². The summed E-state index contributed by atoms with van der Waals surface area (Å²) in [6.07, 6.45) is 6.09. The van der Waals surface area contributed by atoms with Crippen molar-refractivity contribution >= 4 is 0 Å². The van der Waals surface area contributed by atoms with Gasteiger partial charge in [0, 0.05) is 36.3 Å². The summed E-state index contributed by atoms with van der Waals surface area (Å²) in [7, 11) is 0. The molecule has 16 heavy (non-hydrogen) atoms. The van der Waals surface area contributed by atoms with E-state index >= 15 is 0 Å². The van der Waals surface area contributed by atoms with E-state index in [2.05, 4.69) is 15.0 Å². The van der Waals surface area contributed by atoms with Crippen LogP contribution in [-0.2, 0) is 6.42 Å². The van der Waals surface area contributed by atoms with Crippen molar-refractivity contribution in [3.63, 3.8) is 0 Å². The van der Waals surface area contributed by atoms with Gasteiger partial charge in [-0.2, -0.15) is 0 Å². The topological polar surface area (TPSA) is 64.7 Å². The van der Waals surface area contributed by atoms with E-state index in [4.69, 9.17) is 5.73 Å². The molecular formula is C12H14N4. The zero-order valence-electron chi connectivity index (χ0n) is 9.22. The lowest BCUT2D eigenvalue weighted by atomic mass is 10.1. The Morgan fingerprint density at radius 3 is 2.88 bits per heavy atom.